The molecule has 0 aliphatic heterocycles. The summed E-state index contributed by atoms with van der Waals surface area (Å²) < 4.78 is 5.63. The third-order valence-corrected chi connectivity index (χ3v) is 2.37. The quantitative estimate of drug-likeness (QED) is 0.893. The molecule has 0 amide bonds. The van der Waals surface area contributed by atoms with Gasteiger partial charge in [0.2, 0.25) is 0 Å². The summed E-state index contributed by atoms with van der Waals surface area (Å²) in [6.07, 6.45) is 7.00. The van der Waals surface area contributed by atoms with Gasteiger partial charge in [-0.2, -0.15) is 0 Å². The first-order valence-electron chi connectivity index (χ1n) is 6.37. The van der Waals surface area contributed by atoms with Crippen molar-refractivity contribution >= 4 is 5.82 Å². The van der Waals surface area contributed by atoms with Crippen LogP contribution in [0.2, 0.25) is 0 Å². The second-order valence-corrected chi connectivity index (χ2v) is 4.40. The van der Waals surface area contributed by atoms with Gasteiger partial charge in [0.25, 0.3) is 0 Å². The topological polar surface area (TPSA) is 59.9 Å². The predicted octanol–water partition coefficient (Wildman–Crippen LogP) is 2.76. The van der Waals surface area contributed by atoms with Crippen molar-refractivity contribution in [2.45, 2.75) is 26.9 Å². The molecule has 2 heterocycles. The first-order chi connectivity index (χ1) is 9.19. The van der Waals surface area contributed by atoms with E-state index in [4.69, 9.17) is 4.74 Å². The summed E-state index contributed by atoms with van der Waals surface area (Å²) >= 11 is 0. The summed E-state index contributed by atoms with van der Waals surface area (Å²) in [5.74, 6) is 1.50. The predicted molar refractivity (Wildman–Crippen MR) is 75.2 cm³/mol. The van der Waals surface area contributed by atoms with Crippen LogP contribution in [0, 0.1) is 0 Å². The number of nitrogens with one attached hydrogen (secondary N) is 1. The van der Waals surface area contributed by atoms with Crippen molar-refractivity contribution in [3.05, 3.63) is 30.9 Å². The van der Waals surface area contributed by atoms with Gasteiger partial charge >= 0.3 is 0 Å². The van der Waals surface area contributed by atoms with Crippen molar-refractivity contribution in [3.63, 3.8) is 0 Å². The molecular weight excluding hydrogens is 240 g/mol. The van der Waals surface area contributed by atoms with Gasteiger partial charge in [0.1, 0.15) is 11.6 Å². The molecule has 0 unspecified atom stereocenters. The van der Waals surface area contributed by atoms with Crippen molar-refractivity contribution in [1.82, 2.24) is 15.0 Å². The molecular formula is C14H18N4O. The highest BCUT2D eigenvalue weighted by Crippen LogP contribution is 2.21. The standard InChI is InChI=1S/C14H18N4O/c1-4-17-14-9-16-8-13(18-14)11-5-12(7-15-6-11)19-10(2)3/h5-10H,4H2,1-3H3,(H,17,18). The molecule has 100 valence electrons. The van der Waals surface area contributed by atoms with Gasteiger partial charge in [-0.1, -0.05) is 0 Å². The summed E-state index contributed by atoms with van der Waals surface area (Å²) in [5.41, 5.74) is 1.67. The summed E-state index contributed by atoms with van der Waals surface area (Å²) in [6.45, 7) is 6.80. The van der Waals surface area contributed by atoms with E-state index in [-0.39, 0.29) is 6.10 Å². The van der Waals surface area contributed by atoms with Crippen molar-refractivity contribution in [2.24, 2.45) is 0 Å². The van der Waals surface area contributed by atoms with Crippen LogP contribution in [0.25, 0.3) is 11.3 Å². The minimum Gasteiger partial charge on any atom is -0.489 e. The molecule has 2 rings (SSSR count). The normalized spacial score (nSPS) is 10.5. The maximum Gasteiger partial charge on any atom is 0.145 e. The lowest BCUT2D eigenvalue weighted by Gasteiger charge is -2.10. The van der Waals surface area contributed by atoms with Crippen molar-refractivity contribution in [1.29, 1.82) is 0 Å². The van der Waals surface area contributed by atoms with Crippen LogP contribution < -0.4 is 10.1 Å². The van der Waals surface area contributed by atoms with Crippen LogP contribution >= 0.6 is 0 Å². The van der Waals surface area contributed by atoms with E-state index < -0.39 is 0 Å². The van der Waals surface area contributed by atoms with Gasteiger partial charge in [-0.05, 0) is 26.8 Å². The Bertz CT molecular complexity index is 542. The van der Waals surface area contributed by atoms with E-state index in [1.165, 1.54) is 0 Å². The summed E-state index contributed by atoms with van der Waals surface area (Å²) in [6, 6.07) is 1.92. The number of pyridine rings is 1. The molecule has 19 heavy (non-hydrogen) atoms. The fraction of sp³-hybridized carbons (Fsp3) is 0.357. The van der Waals surface area contributed by atoms with Gasteiger partial charge in [0.15, 0.2) is 0 Å². The van der Waals surface area contributed by atoms with E-state index in [0.717, 1.165) is 29.4 Å². The number of ether oxygens (including phenoxy) is 1. The second-order valence-electron chi connectivity index (χ2n) is 4.40. The Morgan fingerprint density at radius 1 is 1.16 bits per heavy atom. The Morgan fingerprint density at radius 2 is 1.95 bits per heavy atom. The molecule has 2 aromatic rings. The van der Waals surface area contributed by atoms with Gasteiger partial charge < -0.3 is 10.1 Å². The van der Waals surface area contributed by atoms with Crippen LogP contribution in [0.3, 0.4) is 0 Å². The molecule has 5 heteroatoms. The molecule has 0 atom stereocenters. The third-order valence-electron chi connectivity index (χ3n) is 2.37. The fourth-order valence-corrected chi connectivity index (χ4v) is 1.67. The van der Waals surface area contributed by atoms with E-state index in [9.17, 15) is 0 Å². The van der Waals surface area contributed by atoms with Crippen LogP contribution in [-0.4, -0.2) is 27.6 Å². The van der Waals surface area contributed by atoms with E-state index in [1.807, 2.05) is 26.8 Å². The number of hydrogen-bond donors (Lipinski definition) is 1. The van der Waals surface area contributed by atoms with Crippen LogP contribution in [0.4, 0.5) is 5.82 Å². The highest BCUT2D eigenvalue weighted by atomic mass is 16.5. The fourth-order valence-electron chi connectivity index (χ4n) is 1.67. The highest BCUT2D eigenvalue weighted by Gasteiger charge is 2.05. The number of hydrogen-bond acceptors (Lipinski definition) is 5. The van der Waals surface area contributed by atoms with Crippen LogP contribution in [0.1, 0.15) is 20.8 Å². The Labute approximate surface area is 113 Å². The van der Waals surface area contributed by atoms with E-state index >= 15 is 0 Å². The molecule has 0 saturated carbocycles. The van der Waals surface area contributed by atoms with Crippen molar-refractivity contribution in [2.75, 3.05) is 11.9 Å². The zero-order chi connectivity index (χ0) is 13.7. The second kappa shape index (κ2) is 6.13. The van der Waals surface area contributed by atoms with Gasteiger partial charge in [-0.15, -0.1) is 0 Å². The number of rotatable bonds is 5. The minimum atomic E-state index is 0.122. The summed E-state index contributed by atoms with van der Waals surface area (Å²) in [5, 5.41) is 3.14. The lowest BCUT2D eigenvalue weighted by atomic mass is 10.2. The van der Waals surface area contributed by atoms with Crippen molar-refractivity contribution < 1.29 is 4.74 Å². The Morgan fingerprint density at radius 3 is 2.68 bits per heavy atom. The first-order valence-corrected chi connectivity index (χ1v) is 6.37. The molecule has 1 N–H and O–H groups in total. The molecule has 0 fully saturated rings. The average molecular weight is 258 g/mol. The summed E-state index contributed by atoms with van der Waals surface area (Å²) in [7, 11) is 0. The Kier molecular flexibility index (Phi) is 4.28. The molecule has 5 nitrogen and oxygen atoms in total. The van der Waals surface area contributed by atoms with Gasteiger partial charge in [0, 0.05) is 18.3 Å². The molecule has 0 spiro atoms. The maximum atomic E-state index is 5.63. The number of nitrogens with zero attached hydrogens (tertiary/aromatic N) is 3. The molecule has 0 aromatic carbocycles. The maximum absolute atomic E-state index is 5.63. The number of anilines is 1. The van der Waals surface area contributed by atoms with Crippen LogP contribution in [-0.2, 0) is 0 Å². The summed E-state index contributed by atoms with van der Waals surface area (Å²) in [4.78, 5) is 12.8. The largest absolute Gasteiger partial charge is 0.489 e. The third kappa shape index (κ3) is 3.64. The monoisotopic (exact) mass is 258 g/mol. The minimum absolute atomic E-state index is 0.122. The molecule has 0 aliphatic carbocycles. The SMILES string of the molecule is CCNc1cncc(-c2cncc(OC(C)C)c2)n1. The average Bonchev–Trinajstić information content (AvgIpc) is 2.39. The zero-order valence-corrected chi connectivity index (χ0v) is 11.4. The first kappa shape index (κ1) is 13.3. The molecule has 0 bridgehead atoms. The lowest BCUT2D eigenvalue weighted by Crippen LogP contribution is -2.06. The van der Waals surface area contributed by atoms with Gasteiger partial charge in [-0.3, -0.25) is 9.97 Å². The van der Waals surface area contributed by atoms with Crippen molar-refractivity contribution in [3.8, 4) is 17.0 Å². The lowest BCUT2D eigenvalue weighted by molar-refractivity contribution is 0.241. The highest BCUT2D eigenvalue weighted by molar-refractivity contribution is 5.60. The molecule has 2 aromatic heterocycles. The zero-order valence-electron chi connectivity index (χ0n) is 11.4. The van der Waals surface area contributed by atoms with Gasteiger partial charge in [0.05, 0.1) is 30.4 Å². The molecule has 0 saturated heterocycles. The number of aromatic nitrogens is 3. The van der Waals surface area contributed by atoms with Crippen LogP contribution in [0.15, 0.2) is 30.9 Å². The smallest absolute Gasteiger partial charge is 0.145 e. The Balaban J connectivity index is 2.28. The molecule has 0 radical (unpaired) electrons. The Hall–Kier alpha value is -2.17. The van der Waals surface area contributed by atoms with E-state index in [0.29, 0.717) is 0 Å². The van der Waals surface area contributed by atoms with E-state index in [1.54, 1.807) is 24.8 Å². The van der Waals surface area contributed by atoms with Gasteiger partial charge in [-0.25, -0.2) is 4.98 Å². The molecule has 0 aliphatic rings. The van der Waals surface area contributed by atoms with E-state index in [2.05, 4.69) is 20.3 Å². The van der Waals surface area contributed by atoms with Crippen LogP contribution in [0.5, 0.6) is 5.75 Å².